The lowest BCUT2D eigenvalue weighted by atomic mass is 9.95. The lowest BCUT2D eigenvalue weighted by molar-refractivity contribution is -0.384. The highest BCUT2D eigenvalue weighted by Gasteiger charge is 2.34. The summed E-state index contributed by atoms with van der Waals surface area (Å²) in [5.41, 5.74) is 2.46. The van der Waals surface area contributed by atoms with Crippen molar-refractivity contribution >= 4 is 11.3 Å². The Morgan fingerprint density at radius 3 is 2.94 bits per heavy atom. The number of benzene rings is 1. The molecule has 1 saturated heterocycles. The van der Waals surface area contributed by atoms with Gasteiger partial charge in [-0.3, -0.25) is 15.0 Å². The van der Waals surface area contributed by atoms with Crippen LogP contribution in [0.1, 0.15) is 24.8 Å². The van der Waals surface area contributed by atoms with Crippen molar-refractivity contribution < 1.29 is 4.92 Å². The summed E-state index contributed by atoms with van der Waals surface area (Å²) in [4.78, 5) is 12.9. The molecule has 94 valence electrons. The van der Waals surface area contributed by atoms with Crippen LogP contribution in [-0.4, -0.2) is 29.0 Å². The quantitative estimate of drug-likeness (QED) is 0.593. The number of non-ortho nitro benzene ring substituents is 1. The van der Waals surface area contributed by atoms with Gasteiger partial charge in [-0.2, -0.15) is 0 Å². The van der Waals surface area contributed by atoms with Crippen molar-refractivity contribution in [3.8, 4) is 0 Å². The van der Waals surface area contributed by atoms with E-state index in [-0.39, 0.29) is 10.6 Å². The molecule has 0 saturated carbocycles. The van der Waals surface area contributed by atoms with E-state index < -0.39 is 0 Å². The zero-order valence-electron chi connectivity index (χ0n) is 10.4. The molecule has 0 amide bonds. The second kappa shape index (κ2) is 4.21. The average molecular weight is 244 g/mol. The molecule has 2 unspecified atom stereocenters. The van der Waals surface area contributed by atoms with E-state index >= 15 is 0 Å². The SMILES string of the molecule is CN1C2C=C(c3cccc([N+](=O)[O-])c3)CC1CC2. The van der Waals surface area contributed by atoms with E-state index in [9.17, 15) is 10.1 Å². The van der Waals surface area contributed by atoms with Crippen molar-refractivity contribution in [2.45, 2.75) is 31.3 Å². The van der Waals surface area contributed by atoms with Crippen LogP contribution in [0.5, 0.6) is 0 Å². The summed E-state index contributed by atoms with van der Waals surface area (Å²) >= 11 is 0. The molecule has 2 heterocycles. The first-order chi connectivity index (χ1) is 8.65. The van der Waals surface area contributed by atoms with Gasteiger partial charge in [-0.05, 0) is 37.4 Å². The molecule has 2 atom stereocenters. The number of likely N-dealkylation sites (N-methyl/N-ethyl adjacent to an activating group) is 1. The van der Waals surface area contributed by atoms with E-state index in [2.05, 4.69) is 18.0 Å². The fraction of sp³-hybridized carbons (Fsp3) is 0.429. The number of rotatable bonds is 2. The van der Waals surface area contributed by atoms with Crippen molar-refractivity contribution in [3.05, 3.63) is 46.0 Å². The molecule has 0 radical (unpaired) electrons. The Bertz CT molecular complexity index is 524. The van der Waals surface area contributed by atoms with Gasteiger partial charge >= 0.3 is 0 Å². The third-order valence-corrected chi connectivity index (χ3v) is 4.17. The minimum Gasteiger partial charge on any atom is -0.297 e. The van der Waals surface area contributed by atoms with E-state index in [1.807, 2.05) is 6.07 Å². The molecular formula is C14H16N2O2. The van der Waals surface area contributed by atoms with Crippen molar-refractivity contribution in [2.24, 2.45) is 0 Å². The van der Waals surface area contributed by atoms with Crippen LogP contribution >= 0.6 is 0 Å². The Balaban J connectivity index is 1.94. The van der Waals surface area contributed by atoms with Gasteiger partial charge in [0.1, 0.15) is 0 Å². The maximum absolute atomic E-state index is 10.8. The maximum Gasteiger partial charge on any atom is 0.270 e. The predicted octanol–water partition coefficient (Wildman–Crippen LogP) is 2.84. The van der Waals surface area contributed by atoms with Crippen LogP contribution in [0.2, 0.25) is 0 Å². The Morgan fingerprint density at radius 1 is 1.39 bits per heavy atom. The predicted molar refractivity (Wildman–Crippen MR) is 70.3 cm³/mol. The second-order valence-corrected chi connectivity index (χ2v) is 5.17. The van der Waals surface area contributed by atoms with Crippen LogP contribution in [0.25, 0.3) is 5.57 Å². The van der Waals surface area contributed by atoms with Gasteiger partial charge in [0.2, 0.25) is 0 Å². The third kappa shape index (κ3) is 1.82. The first kappa shape index (κ1) is 11.4. The second-order valence-electron chi connectivity index (χ2n) is 5.17. The number of hydrogen-bond acceptors (Lipinski definition) is 3. The molecule has 1 aromatic carbocycles. The van der Waals surface area contributed by atoms with Gasteiger partial charge in [0.15, 0.2) is 0 Å². The lowest BCUT2D eigenvalue weighted by Crippen LogP contribution is -2.34. The molecule has 0 N–H and O–H groups in total. The Morgan fingerprint density at radius 2 is 2.22 bits per heavy atom. The zero-order valence-corrected chi connectivity index (χ0v) is 10.4. The topological polar surface area (TPSA) is 46.4 Å². The van der Waals surface area contributed by atoms with Crippen LogP contribution < -0.4 is 0 Å². The Labute approximate surface area is 106 Å². The number of fused-ring (bicyclic) bond motifs is 2. The van der Waals surface area contributed by atoms with E-state index in [4.69, 9.17) is 0 Å². The van der Waals surface area contributed by atoms with Gasteiger partial charge in [-0.15, -0.1) is 0 Å². The summed E-state index contributed by atoms with van der Waals surface area (Å²) in [7, 11) is 2.17. The third-order valence-electron chi connectivity index (χ3n) is 4.17. The van der Waals surface area contributed by atoms with Gasteiger partial charge in [0.25, 0.3) is 5.69 Å². The van der Waals surface area contributed by atoms with E-state index in [0.717, 1.165) is 12.0 Å². The number of nitro benzene ring substituents is 1. The van der Waals surface area contributed by atoms with Gasteiger partial charge in [0, 0.05) is 24.2 Å². The molecule has 4 heteroatoms. The molecule has 18 heavy (non-hydrogen) atoms. The number of hydrogen-bond donors (Lipinski definition) is 0. The molecule has 2 aliphatic rings. The van der Waals surface area contributed by atoms with Gasteiger partial charge in [0.05, 0.1) is 4.92 Å². The van der Waals surface area contributed by atoms with E-state index in [1.165, 1.54) is 18.4 Å². The van der Waals surface area contributed by atoms with Gasteiger partial charge in [-0.25, -0.2) is 0 Å². The zero-order chi connectivity index (χ0) is 12.7. The monoisotopic (exact) mass is 244 g/mol. The van der Waals surface area contributed by atoms with Crippen LogP contribution in [0.3, 0.4) is 0 Å². The molecule has 4 nitrogen and oxygen atoms in total. The normalized spacial score (nSPS) is 27.1. The lowest BCUT2D eigenvalue weighted by Gasteiger charge is -2.30. The first-order valence-corrected chi connectivity index (χ1v) is 6.32. The molecule has 2 bridgehead atoms. The highest BCUT2D eigenvalue weighted by molar-refractivity contribution is 5.69. The summed E-state index contributed by atoms with van der Waals surface area (Å²) in [5, 5.41) is 10.8. The minimum atomic E-state index is -0.326. The Hall–Kier alpha value is -1.68. The summed E-state index contributed by atoms with van der Waals surface area (Å²) in [6, 6.07) is 8.11. The molecule has 0 aromatic heterocycles. The first-order valence-electron chi connectivity index (χ1n) is 6.32. The maximum atomic E-state index is 10.8. The smallest absolute Gasteiger partial charge is 0.270 e. The molecule has 0 aliphatic carbocycles. The van der Waals surface area contributed by atoms with Crippen LogP contribution in [0.4, 0.5) is 5.69 Å². The summed E-state index contributed by atoms with van der Waals surface area (Å²) in [5.74, 6) is 0. The highest BCUT2D eigenvalue weighted by atomic mass is 16.6. The molecule has 1 fully saturated rings. The number of nitrogens with zero attached hydrogens (tertiary/aromatic N) is 2. The molecule has 1 aromatic rings. The molecule has 2 aliphatic heterocycles. The van der Waals surface area contributed by atoms with E-state index in [1.54, 1.807) is 18.2 Å². The van der Waals surface area contributed by atoms with Crippen LogP contribution in [0, 0.1) is 10.1 Å². The van der Waals surface area contributed by atoms with Crippen LogP contribution in [0.15, 0.2) is 30.3 Å². The Kier molecular flexibility index (Phi) is 2.67. The molecule has 3 rings (SSSR count). The highest BCUT2D eigenvalue weighted by Crippen LogP contribution is 2.37. The molecule has 0 spiro atoms. The number of nitro groups is 1. The van der Waals surface area contributed by atoms with Crippen molar-refractivity contribution in [2.75, 3.05) is 7.05 Å². The largest absolute Gasteiger partial charge is 0.297 e. The summed E-state index contributed by atoms with van der Waals surface area (Å²) in [6.45, 7) is 0. The fourth-order valence-electron chi connectivity index (χ4n) is 3.08. The minimum absolute atomic E-state index is 0.180. The van der Waals surface area contributed by atoms with Crippen molar-refractivity contribution in [1.29, 1.82) is 0 Å². The fourth-order valence-corrected chi connectivity index (χ4v) is 3.08. The summed E-state index contributed by atoms with van der Waals surface area (Å²) < 4.78 is 0. The van der Waals surface area contributed by atoms with Gasteiger partial charge < -0.3 is 0 Å². The van der Waals surface area contributed by atoms with Crippen molar-refractivity contribution in [1.82, 2.24) is 4.90 Å². The molecular weight excluding hydrogens is 228 g/mol. The summed E-state index contributed by atoms with van der Waals surface area (Å²) in [6.07, 6.45) is 5.73. The average Bonchev–Trinajstić information content (AvgIpc) is 2.61. The van der Waals surface area contributed by atoms with E-state index in [0.29, 0.717) is 12.1 Å². The van der Waals surface area contributed by atoms with Crippen LogP contribution in [-0.2, 0) is 0 Å². The van der Waals surface area contributed by atoms with Gasteiger partial charge in [-0.1, -0.05) is 18.2 Å². The standard InChI is InChI=1S/C14H16N2O2/c1-15-12-5-6-13(15)9-11(8-12)10-3-2-4-14(7-10)16(17)18/h2-4,7-8,12-13H,5-6,9H2,1H3. The van der Waals surface area contributed by atoms with Crippen molar-refractivity contribution in [3.63, 3.8) is 0 Å².